The number of likely N-dealkylation sites (tertiary alicyclic amines) is 1. The van der Waals surface area contributed by atoms with Crippen LogP contribution in [0.25, 0.3) is 0 Å². The summed E-state index contributed by atoms with van der Waals surface area (Å²) in [7, 11) is 1.83. The molecule has 19 heavy (non-hydrogen) atoms. The van der Waals surface area contributed by atoms with Crippen molar-refractivity contribution in [3.05, 3.63) is 28.0 Å². The Balaban J connectivity index is 0.00000180. The van der Waals surface area contributed by atoms with E-state index in [4.69, 9.17) is 4.42 Å². The largest absolute Gasteiger partial charge is 0.433 e. The minimum atomic E-state index is -0.647. The number of hydrogen-bond donors (Lipinski definition) is 1. The van der Waals surface area contributed by atoms with Crippen LogP contribution < -0.4 is 5.32 Å². The molecule has 1 atom stereocenters. The van der Waals surface area contributed by atoms with Gasteiger partial charge in [-0.15, -0.1) is 12.4 Å². The lowest BCUT2D eigenvalue weighted by atomic mass is 10.2. The molecule has 1 saturated heterocycles. The highest BCUT2D eigenvalue weighted by Crippen LogP contribution is 2.22. The summed E-state index contributed by atoms with van der Waals surface area (Å²) in [4.78, 5) is 23.7. The molecule has 1 unspecified atom stereocenters. The van der Waals surface area contributed by atoms with Crippen molar-refractivity contribution in [2.75, 3.05) is 20.1 Å². The Morgan fingerprint density at radius 3 is 2.95 bits per heavy atom. The summed E-state index contributed by atoms with van der Waals surface area (Å²) in [5, 5.41) is 13.5. The normalized spacial score (nSPS) is 18.2. The van der Waals surface area contributed by atoms with Gasteiger partial charge in [-0.3, -0.25) is 14.9 Å². The average molecular weight is 290 g/mol. The number of halogens is 1. The number of carbonyl (C=O) groups excluding carboxylic acids is 1. The molecule has 1 aromatic rings. The maximum absolute atomic E-state index is 12.1. The Kier molecular flexibility index (Phi) is 5.31. The van der Waals surface area contributed by atoms with Crippen LogP contribution in [-0.2, 0) is 0 Å². The van der Waals surface area contributed by atoms with E-state index in [9.17, 15) is 14.9 Å². The van der Waals surface area contributed by atoms with E-state index in [1.807, 2.05) is 7.05 Å². The highest BCUT2D eigenvalue weighted by molar-refractivity contribution is 5.92. The minimum Gasteiger partial charge on any atom is -0.395 e. The Hall–Kier alpha value is -1.60. The van der Waals surface area contributed by atoms with Crippen LogP contribution in [0.5, 0.6) is 0 Å². The molecule has 106 valence electrons. The summed E-state index contributed by atoms with van der Waals surface area (Å²) >= 11 is 0. The number of nitrogens with one attached hydrogen (secondary N) is 1. The first kappa shape index (κ1) is 15.5. The average Bonchev–Trinajstić information content (AvgIpc) is 2.97. The molecule has 2 heterocycles. The van der Waals surface area contributed by atoms with Gasteiger partial charge in [-0.2, -0.15) is 0 Å². The fraction of sp³-hybridized carbons (Fsp3) is 0.545. The fourth-order valence-electron chi connectivity index (χ4n) is 2.23. The number of carbonyl (C=O) groups is 1. The van der Waals surface area contributed by atoms with Crippen LogP contribution in [0.4, 0.5) is 5.88 Å². The molecular formula is C11H16ClN3O4. The van der Waals surface area contributed by atoms with Crippen molar-refractivity contribution in [3.8, 4) is 0 Å². The van der Waals surface area contributed by atoms with Gasteiger partial charge in [-0.1, -0.05) is 0 Å². The monoisotopic (exact) mass is 289 g/mol. The first-order chi connectivity index (χ1) is 8.63. The van der Waals surface area contributed by atoms with Crippen LogP contribution in [0.1, 0.15) is 23.4 Å². The van der Waals surface area contributed by atoms with Gasteiger partial charge in [-0.25, -0.2) is 0 Å². The lowest BCUT2D eigenvalue weighted by Gasteiger charge is -2.23. The molecule has 0 spiro atoms. The van der Waals surface area contributed by atoms with Crippen molar-refractivity contribution < 1.29 is 14.1 Å². The van der Waals surface area contributed by atoms with Crippen LogP contribution in [0, 0.1) is 10.1 Å². The van der Waals surface area contributed by atoms with Crippen molar-refractivity contribution in [1.29, 1.82) is 0 Å². The summed E-state index contributed by atoms with van der Waals surface area (Å²) in [5.74, 6) is -0.645. The third kappa shape index (κ3) is 3.24. The number of nitro groups is 1. The number of rotatable bonds is 4. The molecule has 0 aliphatic carbocycles. The zero-order valence-electron chi connectivity index (χ0n) is 10.5. The number of amides is 1. The summed E-state index contributed by atoms with van der Waals surface area (Å²) in [6.07, 6.45) is 1.89. The quantitative estimate of drug-likeness (QED) is 0.669. The SMILES string of the molecule is CNCC1CCCN1C(=O)c1ccc([N+](=O)[O-])o1.Cl. The molecule has 1 N–H and O–H groups in total. The predicted octanol–water partition coefficient (Wildman–Crippen LogP) is 1.43. The Morgan fingerprint density at radius 2 is 2.37 bits per heavy atom. The maximum Gasteiger partial charge on any atom is 0.433 e. The zero-order valence-corrected chi connectivity index (χ0v) is 11.3. The van der Waals surface area contributed by atoms with Gasteiger partial charge in [0.05, 0.1) is 6.07 Å². The highest BCUT2D eigenvalue weighted by atomic mass is 35.5. The lowest BCUT2D eigenvalue weighted by molar-refractivity contribution is -0.402. The van der Waals surface area contributed by atoms with E-state index in [-0.39, 0.29) is 30.1 Å². The van der Waals surface area contributed by atoms with Gasteiger partial charge in [0.15, 0.2) is 5.76 Å². The standard InChI is InChI=1S/C11H15N3O4.ClH/c1-12-7-8-3-2-6-13(8)11(15)9-4-5-10(18-9)14(16)17;/h4-5,8,12H,2-3,6-7H2,1H3;1H. The smallest absolute Gasteiger partial charge is 0.395 e. The highest BCUT2D eigenvalue weighted by Gasteiger charge is 2.31. The number of likely N-dealkylation sites (N-methyl/N-ethyl adjacent to an activating group) is 1. The van der Waals surface area contributed by atoms with Crippen LogP contribution >= 0.6 is 12.4 Å². The Morgan fingerprint density at radius 1 is 1.63 bits per heavy atom. The molecule has 1 amide bonds. The molecule has 1 fully saturated rings. The van der Waals surface area contributed by atoms with Gasteiger partial charge in [0.25, 0.3) is 5.91 Å². The Bertz CT molecular complexity index is 463. The van der Waals surface area contributed by atoms with E-state index in [1.165, 1.54) is 12.1 Å². The molecule has 2 rings (SSSR count). The molecular weight excluding hydrogens is 274 g/mol. The third-order valence-electron chi connectivity index (χ3n) is 3.06. The first-order valence-electron chi connectivity index (χ1n) is 5.83. The van der Waals surface area contributed by atoms with Crippen molar-refractivity contribution in [1.82, 2.24) is 10.2 Å². The van der Waals surface area contributed by atoms with E-state index in [0.717, 1.165) is 12.8 Å². The lowest BCUT2D eigenvalue weighted by Crippen LogP contribution is -2.40. The minimum absolute atomic E-state index is 0. The summed E-state index contributed by atoms with van der Waals surface area (Å²) in [5.41, 5.74) is 0. The predicted molar refractivity (Wildman–Crippen MR) is 70.6 cm³/mol. The van der Waals surface area contributed by atoms with E-state index in [1.54, 1.807) is 4.90 Å². The van der Waals surface area contributed by atoms with Gasteiger partial charge >= 0.3 is 5.88 Å². The molecule has 0 aromatic carbocycles. The van der Waals surface area contributed by atoms with Gasteiger partial charge in [-0.05, 0) is 26.0 Å². The number of nitrogens with zero attached hydrogens (tertiary/aromatic N) is 2. The summed E-state index contributed by atoms with van der Waals surface area (Å²) in [6.45, 7) is 1.38. The van der Waals surface area contributed by atoms with Crippen LogP contribution in [0.3, 0.4) is 0 Å². The molecule has 0 saturated carbocycles. The van der Waals surface area contributed by atoms with Crippen molar-refractivity contribution in [2.45, 2.75) is 18.9 Å². The summed E-state index contributed by atoms with van der Waals surface area (Å²) < 4.78 is 4.94. The second-order valence-corrected chi connectivity index (χ2v) is 4.25. The molecule has 1 aromatic heterocycles. The topological polar surface area (TPSA) is 88.6 Å². The molecule has 1 aliphatic heterocycles. The van der Waals surface area contributed by atoms with E-state index in [2.05, 4.69) is 5.32 Å². The third-order valence-corrected chi connectivity index (χ3v) is 3.06. The molecule has 8 heteroatoms. The van der Waals surface area contributed by atoms with Crippen molar-refractivity contribution in [2.24, 2.45) is 0 Å². The second kappa shape index (κ2) is 6.53. The van der Waals surface area contributed by atoms with E-state index >= 15 is 0 Å². The molecule has 0 radical (unpaired) electrons. The molecule has 7 nitrogen and oxygen atoms in total. The van der Waals surface area contributed by atoms with E-state index in [0.29, 0.717) is 13.1 Å². The van der Waals surface area contributed by atoms with Gasteiger partial charge < -0.3 is 14.6 Å². The fourth-order valence-corrected chi connectivity index (χ4v) is 2.23. The maximum atomic E-state index is 12.1. The van der Waals surface area contributed by atoms with Crippen molar-refractivity contribution in [3.63, 3.8) is 0 Å². The van der Waals surface area contributed by atoms with Crippen LogP contribution in [-0.4, -0.2) is 41.9 Å². The van der Waals surface area contributed by atoms with Crippen LogP contribution in [0.15, 0.2) is 16.5 Å². The Labute approximate surface area is 116 Å². The number of hydrogen-bond acceptors (Lipinski definition) is 5. The number of furan rings is 1. The molecule has 1 aliphatic rings. The van der Waals surface area contributed by atoms with E-state index < -0.39 is 10.8 Å². The van der Waals surface area contributed by atoms with Gasteiger partial charge in [0.2, 0.25) is 0 Å². The second-order valence-electron chi connectivity index (χ2n) is 4.25. The van der Waals surface area contributed by atoms with Crippen LogP contribution in [0.2, 0.25) is 0 Å². The molecule has 0 bridgehead atoms. The van der Waals surface area contributed by atoms with Gasteiger partial charge in [0, 0.05) is 19.1 Å². The summed E-state index contributed by atoms with van der Waals surface area (Å²) in [6, 6.07) is 2.69. The first-order valence-corrected chi connectivity index (χ1v) is 5.83. The van der Waals surface area contributed by atoms with Gasteiger partial charge in [0.1, 0.15) is 4.92 Å². The van der Waals surface area contributed by atoms with Crippen molar-refractivity contribution >= 4 is 24.2 Å². The zero-order chi connectivity index (χ0) is 13.1.